The lowest BCUT2D eigenvalue weighted by Gasteiger charge is -2.36. The van der Waals surface area contributed by atoms with Crippen LogP contribution in [0.5, 0.6) is 5.75 Å². The highest BCUT2D eigenvalue weighted by Crippen LogP contribution is 2.36. The fraction of sp³-hybridized carbons (Fsp3) is 0.800. The Morgan fingerprint density at radius 2 is 0.857 bits per heavy atom. The third kappa shape index (κ3) is 12.6. The first-order valence-electron chi connectivity index (χ1n) is 15.9. The lowest BCUT2D eigenvalue weighted by Crippen LogP contribution is -2.46. The van der Waals surface area contributed by atoms with Gasteiger partial charge in [-0.2, -0.15) is 0 Å². The molecule has 1 aromatic carbocycles. The highest BCUT2D eigenvalue weighted by atomic mass is 16.6. The maximum atomic E-state index is 11.1. The Hall–Kier alpha value is -2.86. The van der Waals surface area contributed by atoms with Crippen molar-refractivity contribution in [2.45, 2.75) is 103 Å². The number of non-ortho nitro benzene ring substituents is 1. The maximum Gasteiger partial charge on any atom is 0.283 e. The molecule has 0 unspecified atom stereocenters. The van der Waals surface area contributed by atoms with Gasteiger partial charge in [-0.1, -0.05) is 25.7 Å². The average Bonchev–Trinajstić information content (AvgIpc) is 2.90. The van der Waals surface area contributed by atoms with Crippen LogP contribution in [0.1, 0.15) is 103 Å². The number of quaternary nitrogens is 2. The summed E-state index contributed by atoms with van der Waals surface area (Å²) in [6.07, 6.45) is 23.6. The SMILES string of the molecule is C[N+]1(CCCCCCCC[N+]2(C)CCCCCCC2)CCCCCCC1.O=[N+]([O-])c1cc([N+](=O)[O-])c([O-])c([N+](=O)[O-])c1. The lowest BCUT2D eigenvalue weighted by molar-refractivity contribution is -0.910. The number of hydrogen-bond acceptors (Lipinski definition) is 7. The summed E-state index contributed by atoms with van der Waals surface area (Å²) in [5.41, 5.74) is -3.26. The Morgan fingerprint density at radius 3 is 1.17 bits per heavy atom. The number of hydrogen-bond donors (Lipinski definition) is 0. The van der Waals surface area contributed by atoms with Crippen molar-refractivity contribution in [1.29, 1.82) is 0 Å². The van der Waals surface area contributed by atoms with Crippen LogP contribution in [0.15, 0.2) is 12.1 Å². The largest absolute Gasteiger partial charge is 0.863 e. The van der Waals surface area contributed by atoms with Crippen molar-refractivity contribution in [1.82, 2.24) is 0 Å². The highest BCUT2D eigenvalue weighted by Gasteiger charge is 2.25. The molecule has 2 aliphatic heterocycles. The molecular formula is C30H52N5O7+. The van der Waals surface area contributed by atoms with Crippen LogP contribution < -0.4 is 5.11 Å². The minimum atomic E-state index is -1.46. The zero-order valence-electron chi connectivity index (χ0n) is 25.8. The molecule has 0 N–H and O–H groups in total. The van der Waals surface area contributed by atoms with Crippen LogP contribution >= 0.6 is 0 Å². The maximum absolute atomic E-state index is 11.1. The van der Waals surface area contributed by atoms with Crippen LogP contribution in [-0.2, 0) is 0 Å². The molecule has 2 saturated heterocycles. The van der Waals surface area contributed by atoms with E-state index in [0.717, 1.165) is 0 Å². The van der Waals surface area contributed by atoms with Crippen molar-refractivity contribution < 1.29 is 28.8 Å². The standard InChI is InChI=1S/C24H50N2.C6H3N3O7/c1-25(21-15-9-5-10-16-22-25)19-13-7-3-4-8-14-20-26(2)23-17-11-6-12-18-24-26;10-6-4(8(13)14)1-3(7(11)12)2-5(6)9(15)16/h3-24H2,1-2H3;1-2,10H/q+2;/p-1. The topological polar surface area (TPSA) is 152 Å². The molecular weight excluding hydrogens is 542 g/mol. The van der Waals surface area contributed by atoms with Gasteiger partial charge in [0.05, 0.1) is 86.0 Å². The third-order valence-electron chi connectivity index (χ3n) is 9.08. The van der Waals surface area contributed by atoms with Crippen molar-refractivity contribution >= 4 is 17.1 Å². The minimum Gasteiger partial charge on any atom is -0.863 e. The number of rotatable bonds is 12. The quantitative estimate of drug-likeness (QED) is 0.114. The molecule has 0 spiro atoms. The molecule has 0 amide bonds. The van der Waals surface area contributed by atoms with Gasteiger partial charge < -0.3 is 14.1 Å². The van der Waals surface area contributed by atoms with Crippen LogP contribution in [0, 0.1) is 30.3 Å². The molecule has 0 aromatic heterocycles. The molecule has 2 aliphatic rings. The van der Waals surface area contributed by atoms with Crippen molar-refractivity contribution in [3.8, 4) is 5.75 Å². The Bertz CT molecular complexity index is 935. The van der Waals surface area contributed by atoms with E-state index in [9.17, 15) is 35.4 Å². The summed E-state index contributed by atoms with van der Waals surface area (Å²) in [6, 6.07) is 0.769. The fourth-order valence-electron chi connectivity index (χ4n) is 6.36. The van der Waals surface area contributed by atoms with Gasteiger partial charge in [-0.15, -0.1) is 0 Å². The first kappa shape index (κ1) is 35.3. The van der Waals surface area contributed by atoms with Gasteiger partial charge in [-0.05, 0) is 77.0 Å². The molecule has 1 aromatic rings. The molecule has 12 nitrogen and oxygen atoms in total. The van der Waals surface area contributed by atoms with Gasteiger partial charge in [0.15, 0.2) is 0 Å². The number of unbranched alkanes of at least 4 members (excludes halogenated alkanes) is 5. The Balaban J connectivity index is 0.000000330. The number of nitro benzene ring substituents is 3. The highest BCUT2D eigenvalue weighted by molar-refractivity contribution is 5.64. The van der Waals surface area contributed by atoms with Crippen LogP contribution in [0.2, 0.25) is 0 Å². The van der Waals surface area contributed by atoms with Crippen molar-refractivity contribution in [3.05, 3.63) is 42.5 Å². The zero-order valence-corrected chi connectivity index (χ0v) is 25.8. The van der Waals surface area contributed by atoms with E-state index in [0.29, 0.717) is 12.1 Å². The fourth-order valence-corrected chi connectivity index (χ4v) is 6.36. The van der Waals surface area contributed by atoms with Gasteiger partial charge in [0, 0.05) is 0 Å². The van der Waals surface area contributed by atoms with Crippen LogP contribution in [0.25, 0.3) is 0 Å². The molecule has 2 heterocycles. The summed E-state index contributed by atoms with van der Waals surface area (Å²) >= 11 is 0. The summed E-state index contributed by atoms with van der Waals surface area (Å²) in [5, 5.41) is 42.1. The Morgan fingerprint density at radius 1 is 0.548 bits per heavy atom. The van der Waals surface area contributed by atoms with Gasteiger partial charge >= 0.3 is 0 Å². The zero-order chi connectivity index (χ0) is 31.0. The van der Waals surface area contributed by atoms with Crippen molar-refractivity contribution in [2.75, 3.05) is 53.4 Å². The molecule has 2 fully saturated rings. The Kier molecular flexibility index (Phi) is 15.1. The van der Waals surface area contributed by atoms with Crippen LogP contribution in [0.3, 0.4) is 0 Å². The molecule has 238 valence electrons. The predicted octanol–water partition coefficient (Wildman–Crippen LogP) is 6.63. The normalized spacial score (nSPS) is 18.7. The summed E-state index contributed by atoms with van der Waals surface area (Å²) in [6.45, 7) is 8.64. The monoisotopic (exact) mass is 594 g/mol. The van der Waals surface area contributed by atoms with Gasteiger partial charge in [0.1, 0.15) is 0 Å². The predicted molar refractivity (Wildman–Crippen MR) is 161 cm³/mol. The summed E-state index contributed by atoms with van der Waals surface area (Å²) in [4.78, 5) is 27.5. The molecule has 0 atom stereocenters. The van der Waals surface area contributed by atoms with Crippen LogP contribution in [-0.4, -0.2) is 77.1 Å². The van der Waals surface area contributed by atoms with E-state index in [4.69, 9.17) is 0 Å². The molecule has 0 saturated carbocycles. The third-order valence-corrected chi connectivity index (χ3v) is 9.08. The van der Waals surface area contributed by atoms with E-state index in [1.54, 1.807) is 0 Å². The molecule has 42 heavy (non-hydrogen) atoms. The Labute approximate surface area is 250 Å². The second-order valence-electron chi connectivity index (χ2n) is 12.8. The first-order valence-corrected chi connectivity index (χ1v) is 15.9. The number of nitro groups is 3. The second kappa shape index (κ2) is 17.9. The van der Waals surface area contributed by atoms with E-state index in [1.165, 1.54) is 151 Å². The number of benzene rings is 1. The smallest absolute Gasteiger partial charge is 0.283 e. The number of nitrogens with zero attached hydrogens (tertiary/aromatic N) is 5. The average molecular weight is 595 g/mol. The molecule has 0 radical (unpaired) electrons. The molecule has 0 aliphatic carbocycles. The minimum absolute atomic E-state index is 0.384. The second-order valence-corrected chi connectivity index (χ2v) is 12.8. The summed E-state index contributed by atoms with van der Waals surface area (Å²) in [5.74, 6) is -1.46. The lowest BCUT2D eigenvalue weighted by atomic mass is 10.0. The van der Waals surface area contributed by atoms with Crippen molar-refractivity contribution in [3.63, 3.8) is 0 Å². The van der Waals surface area contributed by atoms with E-state index in [2.05, 4.69) is 14.1 Å². The van der Waals surface area contributed by atoms with Gasteiger partial charge in [0.2, 0.25) is 0 Å². The van der Waals surface area contributed by atoms with E-state index >= 15 is 0 Å². The van der Waals surface area contributed by atoms with E-state index in [1.807, 2.05) is 0 Å². The van der Waals surface area contributed by atoms with Gasteiger partial charge in [-0.25, -0.2) is 0 Å². The summed E-state index contributed by atoms with van der Waals surface area (Å²) < 4.78 is 2.74. The molecule has 12 heteroatoms. The van der Waals surface area contributed by atoms with Gasteiger partial charge in [-0.3, -0.25) is 30.3 Å². The summed E-state index contributed by atoms with van der Waals surface area (Å²) in [7, 11) is 5.05. The van der Waals surface area contributed by atoms with Gasteiger partial charge in [0.25, 0.3) is 17.1 Å². The number of likely N-dealkylation sites (tertiary alicyclic amines) is 2. The first-order chi connectivity index (χ1) is 20.0. The van der Waals surface area contributed by atoms with E-state index < -0.39 is 37.6 Å². The van der Waals surface area contributed by atoms with Crippen LogP contribution in [0.4, 0.5) is 17.1 Å². The molecule has 0 bridgehead atoms. The molecule has 3 rings (SSSR count). The van der Waals surface area contributed by atoms with Crippen molar-refractivity contribution in [2.24, 2.45) is 0 Å². The van der Waals surface area contributed by atoms with E-state index in [-0.39, 0.29) is 0 Å².